The molecule has 0 aliphatic heterocycles. The lowest BCUT2D eigenvalue weighted by Crippen LogP contribution is -2.30. The number of fused-ring (bicyclic) bond motifs is 1. The fraction of sp³-hybridized carbons (Fsp3) is 0.273. The Morgan fingerprint density at radius 2 is 1.81 bits per heavy atom. The van der Waals surface area contributed by atoms with Crippen molar-refractivity contribution in [3.8, 4) is 11.1 Å². The summed E-state index contributed by atoms with van der Waals surface area (Å²) in [6.45, 7) is 9.34. The zero-order chi connectivity index (χ0) is 19.8. The summed E-state index contributed by atoms with van der Waals surface area (Å²) in [5.41, 5.74) is 6.52. The summed E-state index contributed by atoms with van der Waals surface area (Å²) in [5.74, 6) is 0. The maximum atomic E-state index is 12.3. The van der Waals surface area contributed by atoms with Crippen molar-refractivity contribution in [2.45, 2.75) is 40.7 Å². The minimum atomic E-state index is -3.46. The van der Waals surface area contributed by atoms with Crippen LogP contribution in [0.3, 0.4) is 0 Å². The highest BCUT2D eigenvalue weighted by atomic mass is 32.2. The molecule has 3 rings (SSSR count). The van der Waals surface area contributed by atoms with Crippen molar-refractivity contribution in [3.63, 3.8) is 0 Å². The van der Waals surface area contributed by atoms with Crippen LogP contribution in [0.15, 0.2) is 47.5 Å². The highest BCUT2D eigenvalue weighted by Crippen LogP contribution is 2.30. The van der Waals surface area contributed by atoms with E-state index in [1.54, 1.807) is 13.0 Å². The first-order valence-corrected chi connectivity index (χ1v) is 10.5. The lowest BCUT2D eigenvalue weighted by atomic mass is 9.94. The molecule has 27 heavy (non-hydrogen) atoms. The number of aromatic amines is 1. The van der Waals surface area contributed by atoms with Crippen molar-refractivity contribution >= 4 is 27.0 Å². The van der Waals surface area contributed by atoms with Gasteiger partial charge in [0.05, 0.1) is 4.91 Å². The lowest BCUT2D eigenvalue weighted by molar-refractivity contribution is 0.576. The molecule has 0 aliphatic rings. The SMILES string of the molecule is CC(=Cc1cc(C)c(-c2ccc3[nH]ccc3c2)cc1C)S(=O)(=O)NC(C)C. The Balaban J connectivity index is 2.01. The number of hydrogen-bond acceptors (Lipinski definition) is 2. The highest BCUT2D eigenvalue weighted by molar-refractivity contribution is 7.93. The molecule has 0 saturated heterocycles. The van der Waals surface area contributed by atoms with Gasteiger partial charge in [-0.1, -0.05) is 18.2 Å². The van der Waals surface area contributed by atoms with E-state index in [2.05, 4.69) is 53.0 Å². The Hall–Kier alpha value is -2.37. The number of hydrogen-bond donors (Lipinski definition) is 2. The minimum Gasteiger partial charge on any atom is -0.361 e. The normalized spacial score (nSPS) is 12.9. The van der Waals surface area contributed by atoms with Gasteiger partial charge < -0.3 is 4.98 Å². The summed E-state index contributed by atoms with van der Waals surface area (Å²) in [4.78, 5) is 3.53. The molecule has 0 atom stereocenters. The van der Waals surface area contributed by atoms with Crippen LogP contribution in [-0.4, -0.2) is 19.4 Å². The predicted octanol–water partition coefficient (Wildman–Crippen LogP) is 5.14. The van der Waals surface area contributed by atoms with Crippen LogP contribution in [-0.2, 0) is 10.0 Å². The smallest absolute Gasteiger partial charge is 0.236 e. The molecule has 3 aromatic rings. The molecule has 2 aromatic carbocycles. The Morgan fingerprint density at radius 1 is 1.07 bits per heavy atom. The van der Waals surface area contributed by atoms with Crippen molar-refractivity contribution in [2.24, 2.45) is 0 Å². The summed E-state index contributed by atoms with van der Waals surface area (Å²) in [6, 6.07) is 12.5. The molecule has 4 nitrogen and oxygen atoms in total. The van der Waals surface area contributed by atoms with Gasteiger partial charge in [0.1, 0.15) is 0 Å². The zero-order valence-corrected chi connectivity index (χ0v) is 17.2. The largest absolute Gasteiger partial charge is 0.361 e. The first-order chi connectivity index (χ1) is 12.7. The van der Waals surface area contributed by atoms with E-state index in [4.69, 9.17) is 0 Å². The van der Waals surface area contributed by atoms with E-state index in [1.165, 1.54) is 5.39 Å². The zero-order valence-electron chi connectivity index (χ0n) is 16.4. The van der Waals surface area contributed by atoms with Gasteiger partial charge in [-0.15, -0.1) is 0 Å². The second-order valence-corrected chi connectivity index (χ2v) is 9.22. The second kappa shape index (κ2) is 7.33. The number of aryl methyl sites for hydroxylation is 2. The fourth-order valence-electron chi connectivity index (χ4n) is 3.23. The van der Waals surface area contributed by atoms with E-state index in [1.807, 2.05) is 27.0 Å². The molecule has 2 N–H and O–H groups in total. The average Bonchev–Trinajstić information content (AvgIpc) is 3.04. The molecule has 5 heteroatoms. The van der Waals surface area contributed by atoms with E-state index in [9.17, 15) is 8.42 Å². The number of nitrogens with one attached hydrogen (secondary N) is 2. The van der Waals surface area contributed by atoms with E-state index in [-0.39, 0.29) is 6.04 Å². The van der Waals surface area contributed by atoms with E-state index in [0.29, 0.717) is 4.91 Å². The van der Waals surface area contributed by atoms with Gasteiger partial charge in [-0.2, -0.15) is 0 Å². The van der Waals surface area contributed by atoms with Gasteiger partial charge in [0.25, 0.3) is 0 Å². The van der Waals surface area contributed by atoms with Crippen molar-refractivity contribution in [1.29, 1.82) is 0 Å². The molecular weight excluding hydrogens is 356 g/mol. The Bertz CT molecular complexity index is 1120. The van der Waals surface area contributed by atoms with Crippen LogP contribution >= 0.6 is 0 Å². The maximum Gasteiger partial charge on any atom is 0.236 e. The molecule has 1 aromatic heterocycles. The number of rotatable bonds is 5. The Labute approximate surface area is 161 Å². The van der Waals surface area contributed by atoms with Crippen LogP contribution in [0.4, 0.5) is 0 Å². The molecule has 0 fully saturated rings. The molecule has 0 aliphatic carbocycles. The van der Waals surface area contributed by atoms with Crippen LogP contribution in [0, 0.1) is 13.8 Å². The van der Waals surface area contributed by atoms with Crippen molar-refractivity contribution in [1.82, 2.24) is 9.71 Å². The Morgan fingerprint density at radius 3 is 2.52 bits per heavy atom. The molecular formula is C22H26N2O2S. The standard InChI is InChI=1S/C22H26N2O2S/c1-14(2)24-27(25,26)17(5)12-20-10-16(4)21(11-15(20)3)18-6-7-22-19(13-18)8-9-23-22/h6-14,23-24H,1-5H3. The summed E-state index contributed by atoms with van der Waals surface area (Å²) in [6.07, 6.45) is 3.68. The van der Waals surface area contributed by atoms with Crippen molar-refractivity contribution in [2.75, 3.05) is 0 Å². The molecule has 0 spiro atoms. The number of sulfonamides is 1. The maximum absolute atomic E-state index is 12.3. The van der Waals surface area contributed by atoms with Crippen LogP contribution in [0.25, 0.3) is 28.1 Å². The monoisotopic (exact) mass is 382 g/mol. The molecule has 0 radical (unpaired) electrons. The average molecular weight is 383 g/mol. The quantitative estimate of drug-likeness (QED) is 0.642. The third kappa shape index (κ3) is 4.15. The third-order valence-corrected chi connectivity index (χ3v) is 6.40. The summed E-state index contributed by atoms with van der Waals surface area (Å²) in [7, 11) is -3.46. The first kappa shape index (κ1) is 19.4. The summed E-state index contributed by atoms with van der Waals surface area (Å²) < 4.78 is 27.3. The Kier molecular flexibility index (Phi) is 5.27. The van der Waals surface area contributed by atoms with Gasteiger partial charge >= 0.3 is 0 Å². The van der Waals surface area contributed by atoms with Crippen LogP contribution in [0.5, 0.6) is 0 Å². The van der Waals surface area contributed by atoms with Crippen molar-refractivity contribution < 1.29 is 8.42 Å². The van der Waals surface area contributed by atoms with E-state index >= 15 is 0 Å². The second-order valence-electron chi connectivity index (χ2n) is 7.33. The van der Waals surface area contributed by atoms with Crippen LogP contribution < -0.4 is 4.72 Å². The molecule has 0 amide bonds. The molecule has 0 saturated carbocycles. The molecule has 0 bridgehead atoms. The van der Waals surface area contributed by atoms with Crippen molar-refractivity contribution in [3.05, 3.63) is 64.2 Å². The van der Waals surface area contributed by atoms with Gasteiger partial charge in [0.2, 0.25) is 10.0 Å². The highest BCUT2D eigenvalue weighted by Gasteiger charge is 2.15. The van der Waals surface area contributed by atoms with Gasteiger partial charge in [-0.3, -0.25) is 0 Å². The van der Waals surface area contributed by atoms with Gasteiger partial charge in [0.15, 0.2) is 0 Å². The number of allylic oxidation sites excluding steroid dienone is 1. The minimum absolute atomic E-state index is 0.132. The van der Waals surface area contributed by atoms with Gasteiger partial charge in [-0.25, -0.2) is 13.1 Å². The van der Waals surface area contributed by atoms with Gasteiger partial charge in [0, 0.05) is 17.8 Å². The lowest BCUT2D eigenvalue weighted by Gasteiger charge is -2.13. The number of H-pyrrole nitrogens is 1. The molecule has 1 heterocycles. The summed E-state index contributed by atoms with van der Waals surface area (Å²) in [5, 5.41) is 1.18. The first-order valence-electron chi connectivity index (χ1n) is 9.07. The van der Waals surface area contributed by atoms with Gasteiger partial charge in [-0.05, 0) is 92.1 Å². The summed E-state index contributed by atoms with van der Waals surface area (Å²) >= 11 is 0. The molecule has 142 valence electrons. The predicted molar refractivity (Wildman–Crippen MR) is 114 cm³/mol. The third-order valence-electron chi connectivity index (χ3n) is 4.65. The number of benzene rings is 2. The van der Waals surface area contributed by atoms with Crippen LogP contribution in [0.1, 0.15) is 37.5 Å². The van der Waals surface area contributed by atoms with E-state index in [0.717, 1.165) is 33.3 Å². The van der Waals surface area contributed by atoms with E-state index < -0.39 is 10.0 Å². The topological polar surface area (TPSA) is 62.0 Å². The fourth-order valence-corrected chi connectivity index (χ4v) is 4.31. The van der Waals surface area contributed by atoms with Crippen LogP contribution in [0.2, 0.25) is 0 Å². The number of aromatic nitrogens is 1. The molecule has 0 unspecified atom stereocenters.